The van der Waals surface area contributed by atoms with Crippen LogP contribution >= 0.6 is 65.5 Å². The molecule has 0 saturated carbocycles. The molecule has 0 bridgehead atoms. The molecule has 0 atom stereocenters. The molecule has 0 unspecified atom stereocenters. The number of rotatable bonds is 16. The number of benzene rings is 3. The van der Waals surface area contributed by atoms with E-state index in [0.29, 0.717) is 22.8 Å². The lowest BCUT2D eigenvalue weighted by atomic mass is 10.1. The summed E-state index contributed by atoms with van der Waals surface area (Å²) in [5, 5.41) is 21.5. The molecule has 24 nitrogen and oxygen atoms in total. The average molecular weight is 1210 g/mol. The topological polar surface area (TPSA) is 342 Å². The minimum absolute atomic E-state index is 0.0605. The van der Waals surface area contributed by atoms with Gasteiger partial charge in [-0.2, -0.15) is 28.1 Å². The molecule has 7 N–H and O–H groups in total. The van der Waals surface area contributed by atoms with Crippen LogP contribution in [0.2, 0.25) is 15.1 Å². The van der Waals surface area contributed by atoms with Crippen LogP contribution in [0, 0.1) is 12.7 Å². The summed E-state index contributed by atoms with van der Waals surface area (Å²) in [6.07, 6.45) is -4.90. The summed E-state index contributed by atoms with van der Waals surface area (Å²) in [5.74, 6) is -3.20. The Hall–Kier alpha value is -5.89. The van der Waals surface area contributed by atoms with Crippen LogP contribution in [-0.4, -0.2) is 123 Å². The highest BCUT2D eigenvalue weighted by atomic mass is 35.5. The van der Waals surface area contributed by atoms with Crippen molar-refractivity contribution in [1.29, 1.82) is 0 Å². The molecular formula is C41H45Cl3F4N9O15PS3. The summed E-state index contributed by atoms with van der Waals surface area (Å²) >= 11 is 19.5. The van der Waals surface area contributed by atoms with Crippen molar-refractivity contribution in [2.24, 2.45) is 4.99 Å². The number of aliphatic carboxylic acids is 1. The summed E-state index contributed by atoms with van der Waals surface area (Å²) in [4.78, 5) is 88.3. The molecule has 0 fully saturated rings. The van der Waals surface area contributed by atoms with Gasteiger partial charge in [0, 0.05) is 24.4 Å². The lowest BCUT2D eigenvalue weighted by Crippen LogP contribution is -2.35. The van der Waals surface area contributed by atoms with Crippen molar-refractivity contribution >= 4 is 111 Å². The number of nitrogens with one attached hydrogen (secondary N) is 3. The number of carboxylic acids is 2. The number of halogens is 7. The molecule has 1 aliphatic rings. The molecular weight excluding hydrogens is 1170 g/mol. The second kappa shape index (κ2) is 29.6. The molecule has 0 spiro atoms. The summed E-state index contributed by atoms with van der Waals surface area (Å²) in [6, 6.07) is 9.35. The molecule has 3 aromatic carbocycles. The number of amides is 2. The third kappa shape index (κ3) is 21.3. The van der Waals surface area contributed by atoms with Crippen molar-refractivity contribution in [3.8, 4) is 11.8 Å². The first-order chi connectivity index (χ1) is 35.5. The molecule has 416 valence electrons. The van der Waals surface area contributed by atoms with Crippen molar-refractivity contribution in [2.75, 3.05) is 45.2 Å². The van der Waals surface area contributed by atoms with E-state index in [1.165, 1.54) is 64.7 Å². The third-order valence-electron chi connectivity index (χ3n) is 9.05. The fraction of sp³-hybridized carbons (Fsp3) is 0.341. The van der Waals surface area contributed by atoms with E-state index in [0.717, 1.165) is 48.1 Å². The molecule has 1 aliphatic heterocycles. The summed E-state index contributed by atoms with van der Waals surface area (Å²) in [7, 11) is -4.61. The van der Waals surface area contributed by atoms with Gasteiger partial charge in [-0.15, -0.1) is 11.8 Å². The minimum atomic E-state index is -4.45. The van der Waals surface area contributed by atoms with Crippen LogP contribution < -0.4 is 34.5 Å². The van der Waals surface area contributed by atoms with Gasteiger partial charge in [0.15, 0.2) is 5.75 Å². The van der Waals surface area contributed by atoms with E-state index in [1.54, 1.807) is 14.1 Å². The van der Waals surface area contributed by atoms with Crippen molar-refractivity contribution in [1.82, 2.24) is 34.4 Å². The number of anilines is 1. The summed E-state index contributed by atoms with van der Waals surface area (Å²) in [5.41, 5.74) is -0.103. The number of hydrogen-bond donors (Lipinski definition) is 7. The first-order valence-electron chi connectivity index (χ1n) is 21.0. The molecule has 2 aromatic heterocycles. The molecule has 76 heavy (non-hydrogen) atoms. The predicted octanol–water partition coefficient (Wildman–Crippen LogP) is 6.49. The molecule has 35 heteroatoms. The van der Waals surface area contributed by atoms with Crippen molar-refractivity contribution in [3.05, 3.63) is 101 Å². The standard InChI is InChI=1S/C15H15ClFN3O3S2.C15H16F3N5O4S.C8H6Cl2O3.C3H8NO5P/c1-23-13(21)8-24-12-7-11(10(17)6-9(12)16)18-14-19-4-2-3-5-20(19)15(22)25-14;1-9-19-12(22-14(20-9)27-2)21-13(24)23-28(25,26)11-6-4-3-5-10(11)7-8-15(16,17)18;1-13-7-5(10)3-2-4(9)6(7)8(11)12;5-3(6)1-4-2-10(7,8)9/h6-7H,2-5,8H2,1H3;3-6H,7-8H2,1-2H3,(H2,19,20,21,22,23,24);2-3H,1H3,(H,11,12);4H,1-2H2,(H,5,6)(H2,7,8,9). The minimum Gasteiger partial charge on any atom is -0.494 e. The number of thioether (sulfide) groups is 1. The highest BCUT2D eigenvalue weighted by molar-refractivity contribution is 8.00. The van der Waals surface area contributed by atoms with E-state index in [1.807, 2.05) is 0 Å². The van der Waals surface area contributed by atoms with Crippen LogP contribution in [-0.2, 0) is 48.4 Å². The van der Waals surface area contributed by atoms with E-state index in [4.69, 9.17) is 64.3 Å². The summed E-state index contributed by atoms with van der Waals surface area (Å²) < 4.78 is 106. The van der Waals surface area contributed by atoms with E-state index >= 15 is 0 Å². The third-order valence-corrected chi connectivity index (χ3v) is 14.1. The number of nitrogens with zero attached hydrogens (tertiary/aromatic N) is 6. The van der Waals surface area contributed by atoms with E-state index in [9.17, 15) is 54.5 Å². The van der Waals surface area contributed by atoms with Crippen molar-refractivity contribution in [3.63, 3.8) is 0 Å². The normalized spacial score (nSPS) is 12.2. The Balaban J connectivity index is 0.000000288. The number of fused-ring (bicyclic) bond motifs is 1. The van der Waals surface area contributed by atoms with Crippen LogP contribution in [0.25, 0.3) is 0 Å². The highest BCUT2D eigenvalue weighted by Crippen LogP contribution is 2.35. The number of carbonyl (C=O) groups excluding carboxylic acids is 2. The maximum atomic E-state index is 14.3. The van der Waals surface area contributed by atoms with Gasteiger partial charge >= 0.3 is 48.6 Å². The number of aromatic nitrogens is 5. The Kier molecular flexibility index (Phi) is 25.1. The molecule has 2 amide bonds. The molecule has 5 aromatic rings. The fourth-order valence-corrected chi connectivity index (χ4v) is 9.86. The van der Waals surface area contributed by atoms with Crippen molar-refractivity contribution in [2.45, 2.75) is 61.7 Å². The van der Waals surface area contributed by atoms with Gasteiger partial charge in [-0.25, -0.2) is 36.8 Å². The Labute approximate surface area is 451 Å². The zero-order valence-corrected chi connectivity index (χ0v) is 45.4. The number of hydrogen-bond acceptors (Lipinski definition) is 18. The number of methoxy groups -OCH3 is 3. The zero-order valence-electron chi connectivity index (χ0n) is 39.8. The Morgan fingerprint density at radius 1 is 0.934 bits per heavy atom. The number of alkyl halides is 3. The number of urea groups is 1. The lowest BCUT2D eigenvalue weighted by Gasteiger charge is -2.15. The van der Waals surface area contributed by atoms with E-state index in [2.05, 4.69) is 35.3 Å². The fourth-order valence-electron chi connectivity index (χ4n) is 5.83. The van der Waals surface area contributed by atoms with Gasteiger partial charge in [0.1, 0.15) is 22.9 Å². The van der Waals surface area contributed by atoms with Gasteiger partial charge in [-0.3, -0.25) is 34.3 Å². The van der Waals surface area contributed by atoms with Crippen LogP contribution in [0.4, 0.5) is 34.0 Å². The second-order valence-electron chi connectivity index (χ2n) is 14.7. The lowest BCUT2D eigenvalue weighted by molar-refractivity contribution is -0.137. The van der Waals surface area contributed by atoms with Crippen LogP contribution in [0.5, 0.6) is 11.8 Å². The van der Waals surface area contributed by atoms with Crippen molar-refractivity contribution < 1.29 is 83.9 Å². The zero-order chi connectivity index (χ0) is 57.1. The van der Waals surface area contributed by atoms with E-state index < -0.39 is 84.1 Å². The predicted molar refractivity (Wildman–Crippen MR) is 269 cm³/mol. The van der Waals surface area contributed by atoms with Crippen LogP contribution in [0.15, 0.2) is 68.1 Å². The smallest absolute Gasteiger partial charge is 0.389 e. The summed E-state index contributed by atoms with van der Waals surface area (Å²) in [6.45, 7) is 2.39. The Bertz CT molecular complexity index is 3180. The second-order valence-corrected chi connectivity index (χ2v) is 21.1. The molecule has 0 radical (unpaired) electrons. The van der Waals surface area contributed by atoms with E-state index in [-0.39, 0.29) is 66.0 Å². The molecule has 0 saturated heterocycles. The van der Waals surface area contributed by atoms with Gasteiger partial charge in [0.05, 0.1) is 59.9 Å². The van der Waals surface area contributed by atoms with Gasteiger partial charge in [0.2, 0.25) is 10.7 Å². The molecule has 0 aliphatic carbocycles. The van der Waals surface area contributed by atoms with Gasteiger partial charge < -0.3 is 34.2 Å². The number of esters is 1. The number of carbonyl (C=O) groups is 4. The number of ether oxygens (including phenoxy) is 3. The molecule has 3 heterocycles. The quantitative estimate of drug-likeness (QED) is 0.0240. The number of sulfonamides is 1. The average Bonchev–Trinajstić information content (AvgIpc) is 3.65. The van der Waals surface area contributed by atoms with Gasteiger partial charge in [-0.05, 0) is 73.4 Å². The Morgan fingerprint density at radius 2 is 1.58 bits per heavy atom. The number of carboxylic acid groups (broad SMARTS) is 2. The van der Waals surface area contributed by atoms with Gasteiger partial charge in [0.25, 0.3) is 10.0 Å². The number of aryl methyl sites for hydroxylation is 2. The molecule has 6 rings (SSSR count). The van der Waals surface area contributed by atoms with Crippen LogP contribution in [0.3, 0.4) is 0 Å². The monoisotopic (exact) mass is 1210 g/mol. The SMILES string of the molecule is COC(=O)CSc1cc(N=c2sc(=O)n3n2CCCC3)c(F)cc1Cl.COc1c(Cl)ccc(Cl)c1C(=O)O.COc1nc(C)nc(NC(=O)NS(=O)(=O)c2ccccc2CCC(F)(F)F)n1.O=C(O)CNCP(=O)(O)O. The number of aromatic carboxylic acids is 1. The maximum absolute atomic E-state index is 14.3. The maximum Gasteiger partial charge on any atom is 0.389 e. The van der Waals surface area contributed by atoms with Crippen LogP contribution in [0.1, 0.15) is 41.0 Å². The first kappa shape index (κ1) is 64.4. The Morgan fingerprint density at radius 3 is 2.16 bits per heavy atom. The highest BCUT2D eigenvalue weighted by Gasteiger charge is 2.29. The largest absolute Gasteiger partial charge is 0.494 e. The van der Waals surface area contributed by atoms with Gasteiger partial charge in [-0.1, -0.05) is 53.0 Å². The first-order valence-corrected chi connectivity index (χ1v) is 27.2.